The molecule has 8 heteroatoms. The summed E-state index contributed by atoms with van der Waals surface area (Å²) in [4.78, 5) is 28.9. The van der Waals surface area contributed by atoms with E-state index in [0.717, 1.165) is 29.9 Å². The van der Waals surface area contributed by atoms with Gasteiger partial charge in [-0.05, 0) is 63.1 Å². The molecule has 4 heterocycles. The molecule has 1 atom stereocenters. The molecule has 2 aliphatic rings. The summed E-state index contributed by atoms with van der Waals surface area (Å²) in [5, 5.41) is 3.19. The Labute approximate surface area is 186 Å². The van der Waals surface area contributed by atoms with Gasteiger partial charge in [0.1, 0.15) is 19.0 Å². The summed E-state index contributed by atoms with van der Waals surface area (Å²) in [6, 6.07) is 13.0. The second kappa shape index (κ2) is 8.45. The lowest BCUT2D eigenvalue weighted by molar-refractivity contribution is 0.0732. The molecular formula is C24H25N5O3. The fourth-order valence-corrected chi connectivity index (χ4v) is 4.26. The summed E-state index contributed by atoms with van der Waals surface area (Å²) >= 11 is 0. The van der Waals surface area contributed by atoms with Gasteiger partial charge in [-0.2, -0.15) is 0 Å². The number of amides is 1. The number of rotatable bonds is 4. The zero-order chi connectivity index (χ0) is 22.1. The van der Waals surface area contributed by atoms with E-state index < -0.39 is 0 Å². The smallest absolute Gasteiger partial charge is 0.254 e. The van der Waals surface area contributed by atoms with Crippen molar-refractivity contribution in [2.45, 2.75) is 32.7 Å². The van der Waals surface area contributed by atoms with Gasteiger partial charge in [-0.3, -0.25) is 4.79 Å². The number of nitrogens with zero attached hydrogens (tertiary/aromatic N) is 4. The van der Waals surface area contributed by atoms with E-state index in [2.05, 4.69) is 15.3 Å². The topological polar surface area (TPSA) is 89.5 Å². The second-order valence-corrected chi connectivity index (χ2v) is 8.06. The van der Waals surface area contributed by atoms with E-state index in [1.54, 1.807) is 18.2 Å². The van der Waals surface area contributed by atoms with E-state index in [1.165, 1.54) is 0 Å². The average Bonchev–Trinajstić information content (AvgIpc) is 3.28. The summed E-state index contributed by atoms with van der Waals surface area (Å²) in [7, 11) is 0. The maximum Gasteiger partial charge on any atom is 0.254 e. The number of hydrogen-bond acceptors (Lipinski definition) is 7. The minimum Gasteiger partial charge on any atom is -0.486 e. The van der Waals surface area contributed by atoms with Gasteiger partial charge in [0.2, 0.25) is 5.95 Å². The van der Waals surface area contributed by atoms with Gasteiger partial charge in [-0.15, -0.1) is 0 Å². The quantitative estimate of drug-likeness (QED) is 0.668. The highest BCUT2D eigenvalue weighted by atomic mass is 16.6. The number of aryl methyl sites for hydroxylation is 2. The van der Waals surface area contributed by atoms with Crippen LogP contribution in [0.5, 0.6) is 11.5 Å². The van der Waals surface area contributed by atoms with E-state index >= 15 is 0 Å². The van der Waals surface area contributed by atoms with Crippen LogP contribution in [0.1, 0.15) is 46.3 Å². The molecule has 3 aromatic rings. The number of carbonyl (C=O) groups excluding carboxylic acids is 1. The summed E-state index contributed by atoms with van der Waals surface area (Å²) in [5.74, 6) is 2.45. The summed E-state index contributed by atoms with van der Waals surface area (Å²) in [6.07, 6.45) is 1.80. The van der Waals surface area contributed by atoms with E-state index in [-0.39, 0.29) is 11.9 Å². The molecule has 1 aromatic carbocycles. The third kappa shape index (κ3) is 4.08. The van der Waals surface area contributed by atoms with Crippen LogP contribution in [0.15, 0.2) is 42.5 Å². The van der Waals surface area contributed by atoms with Crippen molar-refractivity contribution in [3.63, 3.8) is 0 Å². The molecule has 0 radical (unpaired) electrons. The lowest BCUT2D eigenvalue weighted by atomic mass is 10.1. The highest BCUT2D eigenvalue weighted by Gasteiger charge is 2.32. The maximum atomic E-state index is 13.3. The number of fused-ring (bicyclic) bond motifs is 1. The Morgan fingerprint density at radius 2 is 1.78 bits per heavy atom. The van der Waals surface area contributed by atoms with Gasteiger partial charge >= 0.3 is 0 Å². The predicted molar refractivity (Wildman–Crippen MR) is 119 cm³/mol. The van der Waals surface area contributed by atoms with Gasteiger partial charge in [-0.1, -0.05) is 6.07 Å². The Hall–Kier alpha value is -3.68. The fourth-order valence-electron chi connectivity index (χ4n) is 4.26. The average molecular weight is 431 g/mol. The Bertz CT molecular complexity index is 1150. The van der Waals surface area contributed by atoms with Crippen LogP contribution in [0.3, 0.4) is 0 Å². The molecule has 1 amide bonds. The van der Waals surface area contributed by atoms with Crippen molar-refractivity contribution >= 4 is 17.7 Å². The molecule has 0 unspecified atom stereocenters. The van der Waals surface area contributed by atoms with E-state index in [9.17, 15) is 4.79 Å². The van der Waals surface area contributed by atoms with Crippen LogP contribution < -0.4 is 14.8 Å². The molecule has 1 saturated heterocycles. The molecule has 2 aromatic heterocycles. The van der Waals surface area contributed by atoms with Crippen LogP contribution in [0.2, 0.25) is 0 Å². The Kier molecular flexibility index (Phi) is 5.34. The Morgan fingerprint density at radius 1 is 1.00 bits per heavy atom. The van der Waals surface area contributed by atoms with Crippen molar-refractivity contribution < 1.29 is 14.3 Å². The molecule has 32 heavy (non-hydrogen) atoms. The molecule has 0 bridgehead atoms. The number of hydrogen-bond donors (Lipinski definition) is 1. The van der Waals surface area contributed by atoms with E-state index in [1.807, 2.05) is 43.0 Å². The largest absolute Gasteiger partial charge is 0.486 e. The highest BCUT2D eigenvalue weighted by molar-refractivity contribution is 5.95. The highest BCUT2D eigenvalue weighted by Crippen LogP contribution is 2.35. The summed E-state index contributed by atoms with van der Waals surface area (Å²) < 4.78 is 11.2. The van der Waals surface area contributed by atoms with Crippen molar-refractivity contribution in [2.75, 3.05) is 25.1 Å². The predicted octanol–water partition coefficient (Wildman–Crippen LogP) is 3.98. The fraction of sp³-hybridized carbons (Fsp3) is 0.333. The Morgan fingerprint density at radius 3 is 2.59 bits per heavy atom. The molecule has 164 valence electrons. The summed E-state index contributed by atoms with van der Waals surface area (Å²) in [5.41, 5.74) is 3.23. The van der Waals surface area contributed by atoms with Gasteiger partial charge < -0.3 is 19.7 Å². The Balaban J connectivity index is 1.37. The maximum absolute atomic E-state index is 13.3. The lowest BCUT2D eigenvalue weighted by Crippen LogP contribution is -2.31. The molecule has 0 saturated carbocycles. The SMILES string of the molecule is Cc1cc(C)nc(Nc2cccc([C@H]3CCCN3C(=O)c3ccc4c(c3)OCCO4)n2)n1. The number of aromatic nitrogens is 3. The van der Waals surface area contributed by atoms with Crippen LogP contribution in [0.4, 0.5) is 11.8 Å². The van der Waals surface area contributed by atoms with Gasteiger partial charge in [-0.25, -0.2) is 15.0 Å². The lowest BCUT2D eigenvalue weighted by Gasteiger charge is -2.25. The number of likely N-dealkylation sites (tertiary alicyclic amines) is 1. The molecule has 5 rings (SSSR count). The monoisotopic (exact) mass is 431 g/mol. The molecular weight excluding hydrogens is 406 g/mol. The third-order valence-electron chi connectivity index (χ3n) is 5.64. The van der Waals surface area contributed by atoms with Gasteiger partial charge in [0, 0.05) is 23.5 Å². The van der Waals surface area contributed by atoms with Crippen molar-refractivity contribution in [1.29, 1.82) is 0 Å². The molecule has 0 aliphatic carbocycles. The first kappa shape index (κ1) is 20.2. The van der Waals surface area contributed by atoms with E-state index in [4.69, 9.17) is 14.5 Å². The van der Waals surface area contributed by atoms with Gasteiger partial charge in [0.25, 0.3) is 5.91 Å². The molecule has 8 nitrogen and oxygen atoms in total. The van der Waals surface area contributed by atoms with Crippen LogP contribution in [0, 0.1) is 13.8 Å². The number of ether oxygens (including phenoxy) is 2. The van der Waals surface area contributed by atoms with Crippen LogP contribution in [-0.4, -0.2) is 45.5 Å². The van der Waals surface area contributed by atoms with E-state index in [0.29, 0.717) is 48.6 Å². The van der Waals surface area contributed by atoms with Crippen LogP contribution in [0.25, 0.3) is 0 Å². The van der Waals surface area contributed by atoms with Crippen LogP contribution in [-0.2, 0) is 0 Å². The number of carbonyl (C=O) groups is 1. The summed E-state index contributed by atoms with van der Waals surface area (Å²) in [6.45, 7) is 5.58. The normalized spacial score (nSPS) is 17.3. The first-order chi connectivity index (χ1) is 15.6. The first-order valence-electron chi connectivity index (χ1n) is 10.8. The molecule has 1 fully saturated rings. The van der Waals surface area contributed by atoms with Crippen molar-refractivity contribution in [3.05, 3.63) is 65.1 Å². The molecule has 0 spiro atoms. The number of benzene rings is 1. The number of pyridine rings is 1. The second-order valence-electron chi connectivity index (χ2n) is 8.06. The van der Waals surface area contributed by atoms with Gasteiger partial charge in [0.15, 0.2) is 11.5 Å². The zero-order valence-electron chi connectivity index (χ0n) is 18.2. The molecule has 2 aliphatic heterocycles. The van der Waals surface area contributed by atoms with Crippen molar-refractivity contribution in [1.82, 2.24) is 19.9 Å². The number of nitrogens with one attached hydrogen (secondary N) is 1. The molecule has 1 N–H and O–H groups in total. The standard InChI is InChI=1S/C24H25N5O3/c1-15-13-16(2)26-24(25-15)28-22-7-3-5-18(27-22)19-6-4-10-29(19)23(30)17-8-9-20-21(14-17)32-12-11-31-20/h3,5,7-9,13-14,19H,4,6,10-12H2,1-2H3,(H,25,26,27,28)/t19-/m1/s1. The minimum absolute atomic E-state index is 0.0257. The third-order valence-corrected chi connectivity index (χ3v) is 5.64. The zero-order valence-corrected chi connectivity index (χ0v) is 18.2. The number of anilines is 2. The van der Waals surface area contributed by atoms with Crippen molar-refractivity contribution in [2.24, 2.45) is 0 Å². The van der Waals surface area contributed by atoms with Gasteiger partial charge in [0.05, 0.1) is 11.7 Å². The van der Waals surface area contributed by atoms with Crippen molar-refractivity contribution in [3.8, 4) is 11.5 Å². The minimum atomic E-state index is -0.0855. The van der Waals surface area contributed by atoms with Crippen LogP contribution >= 0.6 is 0 Å². The first-order valence-corrected chi connectivity index (χ1v) is 10.8.